The summed E-state index contributed by atoms with van der Waals surface area (Å²) in [5.74, 6) is 1.10. The van der Waals surface area contributed by atoms with E-state index in [1.165, 1.54) is 5.56 Å². The predicted molar refractivity (Wildman–Crippen MR) is 71.8 cm³/mol. The number of thiophene rings is 1. The zero-order chi connectivity index (χ0) is 12.4. The number of carbonyl (C=O) groups excluding carboxylic acids is 1. The van der Waals surface area contributed by atoms with Crippen LogP contribution >= 0.6 is 11.3 Å². The van der Waals surface area contributed by atoms with Gasteiger partial charge < -0.3 is 9.64 Å². The molecule has 0 aliphatic carbocycles. The molecule has 1 aromatic rings. The van der Waals surface area contributed by atoms with Crippen LogP contribution in [0.3, 0.4) is 0 Å². The van der Waals surface area contributed by atoms with E-state index in [9.17, 15) is 4.79 Å². The average molecular weight is 265 g/mol. The van der Waals surface area contributed by atoms with Crippen LogP contribution in [0.4, 0.5) is 0 Å². The minimum Gasteiger partial charge on any atom is -0.381 e. The van der Waals surface area contributed by atoms with Gasteiger partial charge >= 0.3 is 0 Å². The van der Waals surface area contributed by atoms with Crippen LogP contribution in [-0.4, -0.2) is 37.1 Å². The van der Waals surface area contributed by atoms with Crippen molar-refractivity contribution in [2.75, 3.05) is 26.3 Å². The number of amides is 1. The average Bonchev–Trinajstić information content (AvgIpc) is 3.11. The van der Waals surface area contributed by atoms with E-state index in [1.54, 1.807) is 11.3 Å². The van der Waals surface area contributed by atoms with Crippen molar-refractivity contribution in [3.8, 4) is 0 Å². The molecule has 0 N–H and O–H groups in total. The summed E-state index contributed by atoms with van der Waals surface area (Å²) >= 11 is 1.76. The van der Waals surface area contributed by atoms with Crippen molar-refractivity contribution in [2.45, 2.75) is 25.2 Å². The first-order chi connectivity index (χ1) is 8.84. The van der Waals surface area contributed by atoms with Crippen molar-refractivity contribution in [1.29, 1.82) is 0 Å². The van der Waals surface area contributed by atoms with Crippen LogP contribution in [0.25, 0.3) is 0 Å². The third kappa shape index (κ3) is 2.45. The number of nitrogens with zero attached hydrogens (tertiary/aromatic N) is 1. The van der Waals surface area contributed by atoms with Gasteiger partial charge in [-0.3, -0.25) is 4.79 Å². The number of ether oxygens (including phenoxy) is 1. The van der Waals surface area contributed by atoms with E-state index in [1.807, 2.05) is 4.90 Å². The fourth-order valence-corrected chi connectivity index (χ4v) is 3.67. The van der Waals surface area contributed by atoms with E-state index >= 15 is 0 Å². The lowest BCUT2D eigenvalue weighted by Gasteiger charge is -2.33. The summed E-state index contributed by atoms with van der Waals surface area (Å²) in [4.78, 5) is 14.3. The van der Waals surface area contributed by atoms with E-state index in [2.05, 4.69) is 16.8 Å². The summed E-state index contributed by atoms with van der Waals surface area (Å²) in [6.45, 7) is 3.21. The van der Waals surface area contributed by atoms with Gasteiger partial charge in [0.25, 0.3) is 0 Å². The summed E-state index contributed by atoms with van der Waals surface area (Å²) < 4.78 is 5.30. The molecule has 0 bridgehead atoms. The minimum absolute atomic E-state index is 0.127. The summed E-state index contributed by atoms with van der Waals surface area (Å²) in [6.07, 6.45) is 3.12. The molecular formula is C14H19NO2S. The second kappa shape index (κ2) is 5.41. The van der Waals surface area contributed by atoms with Crippen LogP contribution in [0.2, 0.25) is 0 Å². The summed E-state index contributed by atoms with van der Waals surface area (Å²) in [5.41, 5.74) is 1.45. The van der Waals surface area contributed by atoms with Crippen LogP contribution in [0.5, 0.6) is 0 Å². The molecule has 0 aromatic carbocycles. The molecule has 2 fully saturated rings. The predicted octanol–water partition coefficient (Wildman–Crippen LogP) is 2.49. The summed E-state index contributed by atoms with van der Waals surface area (Å²) in [5, 5.41) is 4.38. The molecule has 3 rings (SSSR count). The van der Waals surface area contributed by atoms with E-state index in [0.29, 0.717) is 18.4 Å². The molecule has 2 aliphatic rings. The Labute approximate surface area is 112 Å². The van der Waals surface area contributed by atoms with Crippen molar-refractivity contribution in [3.05, 3.63) is 22.4 Å². The van der Waals surface area contributed by atoms with Gasteiger partial charge in [-0.1, -0.05) is 0 Å². The fraction of sp³-hybridized carbons (Fsp3) is 0.643. The first kappa shape index (κ1) is 12.2. The summed E-state index contributed by atoms with van der Waals surface area (Å²) in [7, 11) is 0. The molecule has 1 amide bonds. The van der Waals surface area contributed by atoms with Crippen molar-refractivity contribution in [1.82, 2.24) is 4.90 Å². The highest BCUT2D eigenvalue weighted by molar-refractivity contribution is 7.07. The second-order valence-corrected chi connectivity index (χ2v) is 6.00. The third-order valence-electron chi connectivity index (χ3n) is 4.10. The molecule has 2 saturated heterocycles. The lowest BCUT2D eigenvalue weighted by atomic mass is 9.91. The lowest BCUT2D eigenvalue weighted by Crippen LogP contribution is -2.41. The molecule has 1 aromatic heterocycles. The molecule has 1 unspecified atom stereocenters. The maximum atomic E-state index is 12.2. The Bertz CT molecular complexity index is 390. The van der Waals surface area contributed by atoms with Crippen molar-refractivity contribution >= 4 is 17.2 Å². The van der Waals surface area contributed by atoms with Gasteiger partial charge in [0.2, 0.25) is 5.91 Å². The zero-order valence-corrected chi connectivity index (χ0v) is 11.3. The first-order valence-corrected chi connectivity index (χ1v) is 7.67. The largest absolute Gasteiger partial charge is 0.381 e. The van der Waals surface area contributed by atoms with E-state index in [0.717, 1.165) is 39.0 Å². The Morgan fingerprint density at radius 1 is 1.33 bits per heavy atom. The van der Waals surface area contributed by atoms with Crippen LogP contribution in [-0.2, 0) is 9.53 Å². The van der Waals surface area contributed by atoms with Gasteiger partial charge in [0, 0.05) is 19.7 Å². The molecule has 0 spiro atoms. The second-order valence-electron chi connectivity index (χ2n) is 5.22. The Kier molecular flexibility index (Phi) is 3.66. The Morgan fingerprint density at radius 3 is 2.78 bits per heavy atom. The number of likely N-dealkylation sites (tertiary alicyclic amines) is 1. The number of hydrogen-bond acceptors (Lipinski definition) is 3. The molecule has 0 radical (unpaired) electrons. The number of carbonyl (C=O) groups is 1. The molecule has 3 nitrogen and oxygen atoms in total. The highest BCUT2D eigenvalue weighted by atomic mass is 32.1. The Hall–Kier alpha value is -0.870. The van der Waals surface area contributed by atoms with E-state index < -0.39 is 0 Å². The van der Waals surface area contributed by atoms with Gasteiger partial charge in [0.15, 0.2) is 0 Å². The molecule has 2 aliphatic heterocycles. The van der Waals surface area contributed by atoms with Crippen LogP contribution in [0.15, 0.2) is 16.8 Å². The standard InChI is InChI=1S/C14H19NO2S/c16-14(12-3-7-17-9-12)15-5-1-11(2-6-15)13-4-8-18-10-13/h4,8,10-12H,1-3,5-7,9H2. The van der Waals surface area contributed by atoms with Gasteiger partial charge in [0.1, 0.15) is 0 Å². The number of piperidine rings is 1. The van der Waals surface area contributed by atoms with Gasteiger partial charge in [-0.05, 0) is 47.6 Å². The summed E-state index contributed by atoms with van der Waals surface area (Å²) in [6, 6.07) is 2.22. The monoisotopic (exact) mass is 265 g/mol. The SMILES string of the molecule is O=C(C1CCOC1)N1CCC(c2ccsc2)CC1. The molecule has 0 saturated carbocycles. The van der Waals surface area contributed by atoms with Gasteiger partial charge in [-0.15, -0.1) is 0 Å². The zero-order valence-electron chi connectivity index (χ0n) is 10.5. The van der Waals surface area contributed by atoms with Crippen molar-refractivity contribution in [2.24, 2.45) is 5.92 Å². The molecule has 3 heterocycles. The van der Waals surface area contributed by atoms with Crippen LogP contribution in [0, 0.1) is 5.92 Å². The third-order valence-corrected chi connectivity index (χ3v) is 4.80. The normalized spacial score (nSPS) is 25.6. The van der Waals surface area contributed by atoms with Crippen LogP contribution in [0.1, 0.15) is 30.7 Å². The highest BCUT2D eigenvalue weighted by Gasteiger charge is 2.30. The maximum Gasteiger partial charge on any atom is 0.228 e. The van der Waals surface area contributed by atoms with Gasteiger partial charge in [-0.2, -0.15) is 11.3 Å². The number of hydrogen-bond donors (Lipinski definition) is 0. The van der Waals surface area contributed by atoms with Gasteiger partial charge in [0.05, 0.1) is 12.5 Å². The molecule has 18 heavy (non-hydrogen) atoms. The highest BCUT2D eigenvalue weighted by Crippen LogP contribution is 2.30. The van der Waals surface area contributed by atoms with Crippen LogP contribution < -0.4 is 0 Å². The van der Waals surface area contributed by atoms with E-state index in [4.69, 9.17) is 4.74 Å². The van der Waals surface area contributed by atoms with Gasteiger partial charge in [-0.25, -0.2) is 0 Å². The Balaban J connectivity index is 1.55. The molecule has 1 atom stereocenters. The fourth-order valence-electron chi connectivity index (χ4n) is 2.93. The maximum absolute atomic E-state index is 12.2. The first-order valence-electron chi connectivity index (χ1n) is 6.73. The van der Waals surface area contributed by atoms with Crippen molar-refractivity contribution < 1.29 is 9.53 Å². The molecular weight excluding hydrogens is 246 g/mol. The molecule has 4 heteroatoms. The number of rotatable bonds is 2. The lowest BCUT2D eigenvalue weighted by molar-refractivity contribution is -0.136. The van der Waals surface area contributed by atoms with Crippen molar-refractivity contribution in [3.63, 3.8) is 0 Å². The quantitative estimate of drug-likeness (QED) is 0.822. The smallest absolute Gasteiger partial charge is 0.228 e. The van der Waals surface area contributed by atoms with E-state index in [-0.39, 0.29) is 5.92 Å². The Morgan fingerprint density at radius 2 is 2.17 bits per heavy atom. The minimum atomic E-state index is 0.127. The molecule has 98 valence electrons. The topological polar surface area (TPSA) is 29.5 Å².